The maximum atomic E-state index is 12.5. The molecular weight excluding hydrogens is 629 g/mol. The molecule has 1 aliphatic rings. The molecule has 2 unspecified atom stereocenters. The van der Waals surface area contributed by atoms with Crippen LogP contribution in [0.2, 0.25) is 12.1 Å². The maximum absolute atomic E-state index is 12.5. The van der Waals surface area contributed by atoms with E-state index < -0.39 is 17.6 Å². The number of rotatable bonds is 22. The van der Waals surface area contributed by atoms with Crippen LogP contribution in [-0.4, -0.2) is 101 Å². The van der Waals surface area contributed by atoms with Gasteiger partial charge in [0.15, 0.2) is 0 Å². The van der Waals surface area contributed by atoms with Crippen molar-refractivity contribution in [3.63, 3.8) is 0 Å². The molecule has 236 valence electrons. The molecule has 0 radical (unpaired) electrons. The quantitative estimate of drug-likeness (QED) is 0.105. The molecule has 0 aromatic heterocycles. The van der Waals surface area contributed by atoms with Crippen LogP contribution in [0.3, 0.4) is 0 Å². The summed E-state index contributed by atoms with van der Waals surface area (Å²) in [6.45, 7) is 16.0. The van der Waals surface area contributed by atoms with Crippen molar-refractivity contribution in [3.8, 4) is 0 Å². The van der Waals surface area contributed by atoms with Crippen LogP contribution in [0.1, 0.15) is 54.4 Å². The van der Waals surface area contributed by atoms with Gasteiger partial charge >= 0.3 is 17.6 Å². The topological polar surface area (TPSA) is 114 Å². The van der Waals surface area contributed by atoms with Crippen LogP contribution in [0.4, 0.5) is 9.59 Å². The third-order valence-electron chi connectivity index (χ3n) is 5.36. The van der Waals surface area contributed by atoms with Gasteiger partial charge < -0.3 is 37.2 Å². The summed E-state index contributed by atoms with van der Waals surface area (Å²) >= 11 is 6.13. The molecule has 2 amide bonds. The van der Waals surface area contributed by atoms with Gasteiger partial charge in [-0.15, -0.1) is 23.5 Å². The van der Waals surface area contributed by atoms with E-state index in [1.165, 1.54) is 23.5 Å². The second kappa shape index (κ2) is 23.0. The molecule has 16 heteroatoms. The molecule has 1 heterocycles. The summed E-state index contributed by atoms with van der Waals surface area (Å²) in [6, 6.07) is 1.35. The predicted octanol–water partition coefficient (Wildman–Crippen LogP) is 5.88. The first-order valence-electron chi connectivity index (χ1n) is 14.3. The molecule has 1 saturated heterocycles. The first-order chi connectivity index (χ1) is 19.3. The Morgan fingerprint density at radius 2 is 0.925 bits per heavy atom. The standard InChI is InChI=1S/C24H50N2O8S4Si2/c1-7-29-39(30-8-2,31-9-3)17-13-15-25-23(27)37-21-19-36-22(20-35-21)38-24(28)26-16-14-18-40(32-10-4,33-11-5)34-12-6/h21-22H,7-20H2,1-6H3,(H,25,27)(H,26,28). The average molecular weight is 679 g/mol. The minimum Gasteiger partial charge on any atom is -0.374 e. The molecule has 10 nitrogen and oxygen atoms in total. The highest BCUT2D eigenvalue weighted by Gasteiger charge is 2.40. The smallest absolute Gasteiger partial charge is 0.374 e. The van der Waals surface area contributed by atoms with Crippen molar-refractivity contribution in [3.05, 3.63) is 0 Å². The normalized spacial score (nSPS) is 18.1. The SMILES string of the molecule is CCO[Si](CCCNC(=O)SC1CSC(SC(=O)NCCC[Si](OCC)(OCC)OCC)CS1)(OCC)OCC. The minimum atomic E-state index is -2.68. The summed E-state index contributed by atoms with van der Waals surface area (Å²) in [7, 11) is -5.35. The van der Waals surface area contributed by atoms with Gasteiger partial charge in [-0.2, -0.15) is 0 Å². The Hall–Kier alpha value is 0.534. The van der Waals surface area contributed by atoms with E-state index in [4.69, 9.17) is 26.6 Å². The van der Waals surface area contributed by atoms with E-state index in [1.807, 2.05) is 41.5 Å². The van der Waals surface area contributed by atoms with Gasteiger partial charge in [-0.3, -0.25) is 9.59 Å². The van der Waals surface area contributed by atoms with Gasteiger partial charge in [0.25, 0.3) is 10.5 Å². The van der Waals surface area contributed by atoms with E-state index in [2.05, 4.69) is 10.6 Å². The Labute approximate surface area is 260 Å². The summed E-state index contributed by atoms with van der Waals surface area (Å²) in [6.07, 6.45) is 1.48. The lowest BCUT2D eigenvalue weighted by Crippen LogP contribution is -2.46. The highest BCUT2D eigenvalue weighted by molar-refractivity contribution is 8.30. The van der Waals surface area contributed by atoms with E-state index in [9.17, 15) is 9.59 Å². The van der Waals surface area contributed by atoms with Crippen molar-refractivity contribution in [2.24, 2.45) is 0 Å². The Bertz CT molecular complexity index is 607. The second-order valence-corrected chi connectivity index (χ2v) is 19.2. The Morgan fingerprint density at radius 3 is 1.18 bits per heavy atom. The summed E-state index contributed by atoms with van der Waals surface area (Å²) in [5.41, 5.74) is 0. The van der Waals surface area contributed by atoms with Gasteiger partial charge in [-0.05, 0) is 77.9 Å². The third kappa shape index (κ3) is 15.8. The lowest BCUT2D eigenvalue weighted by atomic mass is 10.5. The first kappa shape index (κ1) is 38.6. The zero-order valence-corrected chi connectivity index (χ0v) is 30.2. The van der Waals surface area contributed by atoms with Crippen molar-refractivity contribution in [2.75, 3.05) is 64.2 Å². The molecular formula is C24H50N2O8S4Si2. The van der Waals surface area contributed by atoms with Crippen LogP contribution < -0.4 is 10.6 Å². The molecule has 0 bridgehead atoms. The summed E-state index contributed by atoms with van der Waals surface area (Å²) in [5.74, 6) is 1.63. The molecule has 1 rings (SSSR count). The summed E-state index contributed by atoms with van der Waals surface area (Å²) in [4.78, 5) is 24.9. The molecule has 0 aromatic rings. The second-order valence-electron chi connectivity index (χ2n) is 8.36. The van der Waals surface area contributed by atoms with Crippen LogP contribution in [0.15, 0.2) is 0 Å². The van der Waals surface area contributed by atoms with Crippen LogP contribution in [0.5, 0.6) is 0 Å². The van der Waals surface area contributed by atoms with Crippen molar-refractivity contribution in [1.82, 2.24) is 10.6 Å². The van der Waals surface area contributed by atoms with Crippen LogP contribution in [0, 0.1) is 0 Å². The van der Waals surface area contributed by atoms with Crippen molar-refractivity contribution >= 4 is 75.1 Å². The molecule has 40 heavy (non-hydrogen) atoms. The summed E-state index contributed by atoms with van der Waals surface area (Å²) in [5, 5.41) is 5.95. The fraction of sp³-hybridized carbons (Fsp3) is 0.917. The van der Waals surface area contributed by atoms with Gasteiger partial charge in [0.1, 0.15) is 0 Å². The zero-order valence-electron chi connectivity index (χ0n) is 25.0. The van der Waals surface area contributed by atoms with Crippen molar-refractivity contribution in [1.29, 1.82) is 0 Å². The molecule has 0 spiro atoms. The fourth-order valence-electron chi connectivity index (χ4n) is 3.92. The van der Waals surface area contributed by atoms with Gasteiger partial charge in [-0.25, -0.2) is 0 Å². The number of hydrogen-bond donors (Lipinski definition) is 2. The average Bonchev–Trinajstić information content (AvgIpc) is 2.91. The number of hydrogen-bond acceptors (Lipinski definition) is 12. The van der Waals surface area contributed by atoms with Crippen LogP contribution in [0.25, 0.3) is 0 Å². The van der Waals surface area contributed by atoms with Gasteiger partial charge in [0.05, 0.1) is 9.16 Å². The van der Waals surface area contributed by atoms with E-state index in [0.717, 1.165) is 24.3 Å². The van der Waals surface area contributed by atoms with Gasteiger partial charge in [0.2, 0.25) is 0 Å². The predicted molar refractivity (Wildman–Crippen MR) is 175 cm³/mol. The number of carbonyl (C=O) groups is 2. The fourth-order valence-corrected chi connectivity index (χ4v) is 14.5. The van der Waals surface area contributed by atoms with Crippen molar-refractivity contribution < 1.29 is 36.1 Å². The van der Waals surface area contributed by atoms with E-state index in [-0.39, 0.29) is 19.6 Å². The van der Waals surface area contributed by atoms with Gasteiger partial charge in [0, 0.05) is 76.3 Å². The van der Waals surface area contributed by atoms with E-state index in [1.54, 1.807) is 23.5 Å². The van der Waals surface area contributed by atoms with Crippen LogP contribution in [-0.2, 0) is 26.6 Å². The molecule has 2 N–H and O–H groups in total. The number of nitrogens with one attached hydrogen (secondary N) is 2. The van der Waals surface area contributed by atoms with Gasteiger partial charge in [-0.1, -0.05) is 0 Å². The maximum Gasteiger partial charge on any atom is 0.500 e. The first-order valence-corrected chi connectivity index (χ1v) is 22.0. The molecule has 0 aliphatic carbocycles. The molecule has 0 saturated carbocycles. The summed E-state index contributed by atoms with van der Waals surface area (Å²) < 4.78 is 35.6. The monoisotopic (exact) mass is 678 g/mol. The molecule has 1 fully saturated rings. The Kier molecular flexibility index (Phi) is 22.2. The Balaban J connectivity index is 2.28. The van der Waals surface area contributed by atoms with Crippen LogP contribution >= 0.6 is 47.0 Å². The minimum absolute atomic E-state index is 0.0239. The number of carbonyl (C=O) groups excluding carboxylic acids is 2. The van der Waals surface area contributed by atoms with E-state index in [0.29, 0.717) is 64.8 Å². The lowest BCUT2D eigenvalue weighted by molar-refractivity contribution is 0.0701. The molecule has 2 atom stereocenters. The van der Waals surface area contributed by atoms with Crippen molar-refractivity contribution in [2.45, 2.75) is 75.6 Å². The lowest BCUT2D eigenvalue weighted by Gasteiger charge is -2.28. The number of amides is 2. The molecule has 0 aromatic carbocycles. The largest absolute Gasteiger partial charge is 0.500 e. The highest BCUT2D eigenvalue weighted by Crippen LogP contribution is 2.40. The Morgan fingerprint density at radius 1 is 0.625 bits per heavy atom. The highest BCUT2D eigenvalue weighted by atomic mass is 32.2. The zero-order chi connectivity index (χ0) is 29.7. The third-order valence-corrected chi connectivity index (χ3v) is 17.6. The van der Waals surface area contributed by atoms with E-state index >= 15 is 0 Å². The number of thioether (sulfide) groups is 4. The molecule has 1 aliphatic heterocycles.